The molecule has 0 heterocycles. The van der Waals surface area contributed by atoms with E-state index in [4.69, 9.17) is 23.2 Å². The average molecular weight is 541 g/mol. The van der Waals surface area contributed by atoms with Gasteiger partial charge in [0.05, 0.1) is 21.2 Å². The third kappa shape index (κ3) is 6.07. The number of benzene rings is 3. The zero-order valence-corrected chi connectivity index (χ0v) is 20.0. The second kappa shape index (κ2) is 9.82. The molecule has 0 aliphatic rings. The summed E-state index contributed by atoms with van der Waals surface area (Å²) in [5, 5.41) is 7.41. The highest BCUT2D eigenvalue weighted by Crippen LogP contribution is 2.22. The minimum absolute atomic E-state index is 0.103. The molecule has 0 aliphatic carbocycles. The summed E-state index contributed by atoms with van der Waals surface area (Å²) in [4.78, 5) is 14.7. The van der Waals surface area contributed by atoms with Crippen LogP contribution < -0.4 is 10.1 Å². The molecule has 0 fully saturated rings. The van der Waals surface area contributed by atoms with Crippen molar-refractivity contribution in [2.24, 2.45) is 5.10 Å². The molecule has 3 aromatic carbocycles. The summed E-state index contributed by atoms with van der Waals surface area (Å²) in [5.74, 6) is -0.373. The molecule has 0 aromatic heterocycles. The maximum atomic E-state index is 12.4. The summed E-state index contributed by atoms with van der Waals surface area (Å²) in [6.45, 7) is 1.67. The van der Waals surface area contributed by atoms with Gasteiger partial charge in [0, 0.05) is 15.2 Å². The van der Waals surface area contributed by atoms with Gasteiger partial charge >= 0.3 is 0 Å². The molecule has 3 aromatic rings. The Hall–Kier alpha value is -2.39. The van der Waals surface area contributed by atoms with Gasteiger partial charge in [0.1, 0.15) is 0 Å². The summed E-state index contributed by atoms with van der Waals surface area (Å²) in [6, 6.07) is 17.6. The molecule has 1 amide bonds. The number of rotatable bonds is 6. The van der Waals surface area contributed by atoms with E-state index in [-0.39, 0.29) is 15.8 Å². The van der Waals surface area contributed by atoms with Crippen LogP contribution >= 0.6 is 39.1 Å². The van der Waals surface area contributed by atoms with Crippen molar-refractivity contribution in [3.05, 3.63) is 92.4 Å². The van der Waals surface area contributed by atoms with Gasteiger partial charge < -0.3 is 5.32 Å². The quantitative estimate of drug-likeness (QED) is 0.310. The molecule has 0 aliphatic heterocycles. The molecule has 0 atom stereocenters. The van der Waals surface area contributed by atoms with Crippen LogP contribution in [0.3, 0.4) is 0 Å². The van der Waals surface area contributed by atoms with E-state index < -0.39 is 10.0 Å². The zero-order valence-electron chi connectivity index (χ0n) is 16.1. The van der Waals surface area contributed by atoms with Crippen molar-refractivity contribution in [3.63, 3.8) is 0 Å². The second-order valence-corrected chi connectivity index (χ2v) is 9.82. The summed E-state index contributed by atoms with van der Waals surface area (Å²) in [6.07, 6.45) is 0. The Kier molecular flexibility index (Phi) is 7.38. The number of amides is 1. The predicted molar refractivity (Wildman–Crippen MR) is 128 cm³/mol. The van der Waals surface area contributed by atoms with Gasteiger partial charge in [-0.3, -0.25) is 4.79 Å². The highest BCUT2D eigenvalue weighted by atomic mass is 79.9. The number of sulfonamides is 1. The molecule has 0 saturated carbocycles. The Labute approximate surface area is 198 Å². The number of halogens is 3. The number of hydrazone groups is 1. The lowest BCUT2D eigenvalue weighted by Gasteiger charge is -2.09. The Morgan fingerprint density at radius 1 is 0.968 bits per heavy atom. The normalized spacial score (nSPS) is 11.8. The number of nitrogens with zero attached hydrogens (tertiary/aromatic N) is 1. The van der Waals surface area contributed by atoms with E-state index in [1.807, 2.05) is 0 Å². The third-order valence-corrected chi connectivity index (χ3v) is 6.49. The van der Waals surface area contributed by atoms with Crippen LogP contribution in [-0.2, 0) is 10.0 Å². The molecule has 6 nitrogen and oxygen atoms in total. The van der Waals surface area contributed by atoms with E-state index >= 15 is 0 Å². The van der Waals surface area contributed by atoms with Crippen molar-refractivity contribution in [1.82, 2.24) is 4.83 Å². The Morgan fingerprint density at radius 3 is 2.23 bits per heavy atom. The standard InChI is InChI=1S/C21H16BrCl2N3O3S/c1-13(26-27-31(29,30)18-9-4-15(22)5-10-18)14-2-7-17(8-3-14)25-21(28)19-11-6-16(23)12-20(19)24/h2-12,27H,1H3,(H,25,28)/b26-13-. The first-order valence-corrected chi connectivity index (χ1v) is 11.9. The largest absolute Gasteiger partial charge is 0.322 e. The van der Waals surface area contributed by atoms with E-state index in [0.29, 0.717) is 27.5 Å². The first-order chi connectivity index (χ1) is 14.7. The van der Waals surface area contributed by atoms with Gasteiger partial charge in [-0.2, -0.15) is 18.4 Å². The van der Waals surface area contributed by atoms with Gasteiger partial charge in [-0.05, 0) is 67.1 Å². The molecule has 3 rings (SSSR count). The Balaban J connectivity index is 1.68. The average Bonchev–Trinajstić information content (AvgIpc) is 2.73. The van der Waals surface area contributed by atoms with Crippen LogP contribution in [0.4, 0.5) is 5.69 Å². The highest BCUT2D eigenvalue weighted by molar-refractivity contribution is 9.10. The molecule has 0 bridgehead atoms. The lowest BCUT2D eigenvalue weighted by Crippen LogP contribution is -2.20. The van der Waals surface area contributed by atoms with E-state index in [2.05, 4.69) is 31.2 Å². The monoisotopic (exact) mass is 539 g/mol. The van der Waals surface area contributed by atoms with E-state index in [1.54, 1.807) is 55.5 Å². The molecule has 31 heavy (non-hydrogen) atoms. The molecule has 0 radical (unpaired) electrons. The number of carbonyl (C=O) groups is 1. The topological polar surface area (TPSA) is 87.6 Å². The van der Waals surface area contributed by atoms with E-state index in [9.17, 15) is 13.2 Å². The summed E-state index contributed by atoms with van der Waals surface area (Å²) in [7, 11) is -3.78. The number of anilines is 1. The van der Waals surface area contributed by atoms with Gasteiger partial charge in [0.25, 0.3) is 15.9 Å². The van der Waals surface area contributed by atoms with Crippen molar-refractivity contribution in [2.75, 3.05) is 5.32 Å². The van der Waals surface area contributed by atoms with Crippen molar-refractivity contribution in [1.29, 1.82) is 0 Å². The van der Waals surface area contributed by atoms with Crippen LogP contribution in [0.15, 0.2) is 81.2 Å². The van der Waals surface area contributed by atoms with E-state index in [1.165, 1.54) is 18.2 Å². The van der Waals surface area contributed by atoms with Gasteiger partial charge in [-0.25, -0.2) is 0 Å². The van der Waals surface area contributed by atoms with Crippen LogP contribution in [0.5, 0.6) is 0 Å². The van der Waals surface area contributed by atoms with Crippen LogP contribution in [-0.4, -0.2) is 20.0 Å². The maximum Gasteiger partial charge on any atom is 0.276 e. The smallest absolute Gasteiger partial charge is 0.276 e. The van der Waals surface area contributed by atoms with Crippen LogP contribution in [0.25, 0.3) is 0 Å². The minimum atomic E-state index is -3.78. The highest BCUT2D eigenvalue weighted by Gasteiger charge is 2.13. The van der Waals surface area contributed by atoms with Gasteiger partial charge in [0.2, 0.25) is 0 Å². The fourth-order valence-corrected chi connectivity index (χ4v) is 4.14. The minimum Gasteiger partial charge on any atom is -0.322 e. The van der Waals surface area contributed by atoms with Crippen LogP contribution in [0, 0.1) is 0 Å². The SMILES string of the molecule is C/C(=N/NS(=O)(=O)c1ccc(Br)cc1)c1ccc(NC(=O)c2ccc(Cl)cc2Cl)cc1. The molecule has 0 unspecified atom stereocenters. The number of hydrogen-bond acceptors (Lipinski definition) is 4. The van der Waals surface area contributed by atoms with Gasteiger partial charge in [-0.1, -0.05) is 51.3 Å². The molecule has 0 spiro atoms. The first kappa shape index (κ1) is 23.3. The van der Waals surface area contributed by atoms with E-state index in [0.717, 1.165) is 4.47 Å². The fraction of sp³-hybridized carbons (Fsp3) is 0.0476. The van der Waals surface area contributed by atoms with Gasteiger partial charge in [0.15, 0.2) is 0 Å². The Bertz CT molecular complexity index is 1250. The van der Waals surface area contributed by atoms with Crippen molar-refractivity contribution in [2.45, 2.75) is 11.8 Å². The Morgan fingerprint density at radius 2 is 1.61 bits per heavy atom. The predicted octanol–water partition coefficient (Wildman–Crippen LogP) is 5.71. The first-order valence-electron chi connectivity index (χ1n) is 8.84. The number of hydrogen-bond donors (Lipinski definition) is 2. The lowest BCUT2D eigenvalue weighted by molar-refractivity contribution is 0.102. The molecule has 10 heteroatoms. The molecule has 0 saturated heterocycles. The lowest BCUT2D eigenvalue weighted by atomic mass is 10.1. The summed E-state index contributed by atoms with van der Waals surface area (Å²) >= 11 is 15.2. The van der Waals surface area contributed by atoms with Gasteiger partial charge in [-0.15, -0.1) is 0 Å². The third-order valence-electron chi connectivity index (χ3n) is 4.19. The maximum absolute atomic E-state index is 12.4. The van der Waals surface area contributed by atoms with Crippen molar-refractivity contribution < 1.29 is 13.2 Å². The number of carbonyl (C=O) groups excluding carboxylic acids is 1. The molecule has 160 valence electrons. The fourth-order valence-electron chi connectivity index (χ4n) is 2.53. The molecule has 2 N–H and O–H groups in total. The number of nitrogens with one attached hydrogen (secondary N) is 2. The second-order valence-electron chi connectivity index (χ2n) is 6.40. The summed E-state index contributed by atoms with van der Waals surface area (Å²) < 4.78 is 25.5. The summed E-state index contributed by atoms with van der Waals surface area (Å²) in [5.41, 5.74) is 1.98. The molecular weight excluding hydrogens is 525 g/mol. The van der Waals surface area contributed by atoms with Crippen molar-refractivity contribution in [3.8, 4) is 0 Å². The zero-order chi connectivity index (χ0) is 22.6. The molecular formula is C21H16BrCl2N3O3S. The van der Waals surface area contributed by atoms with Crippen LogP contribution in [0.2, 0.25) is 10.0 Å². The van der Waals surface area contributed by atoms with Crippen LogP contribution in [0.1, 0.15) is 22.8 Å². The van der Waals surface area contributed by atoms with Crippen molar-refractivity contribution >= 4 is 66.5 Å².